The number of benzene rings is 3. The first-order valence-corrected chi connectivity index (χ1v) is 11.2. The summed E-state index contributed by atoms with van der Waals surface area (Å²) in [4.78, 5) is 5.04. The zero-order valence-corrected chi connectivity index (χ0v) is 18.4. The summed E-state index contributed by atoms with van der Waals surface area (Å²) in [5, 5.41) is 0. The summed E-state index contributed by atoms with van der Waals surface area (Å²) in [6, 6.07) is 31.8. The zero-order chi connectivity index (χ0) is 21.5. The van der Waals surface area contributed by atoms with E-state index in [4.69, 9.17) is 9.72 Å². The molecule has 1 atom stereocenters. The highest BCUT2D eigenvalue weighted by Crippen LogP contribution is 2.38. The second kappa shape index (κ2) is 10.1. The van der Waals surface area contributed by atoms with Crippen LogP contribution in [0.3, 0.4) is 0 Å². The lowest BCUT2D eigenvalue weighted by Gasteiger charge is -2.17. The van der Waals surface area contributed by atoms with Gasteiger partial charge in [0.25, 0.3) is 0 Å². The SMILES string of the molecule is CCCCCC(C)Oc1nc(-c2ccccc2)c(-c2ccccc2)n1-c1ccccc1. The Kier molecular flexibility index (Phi) is 6.83. The third-order valence-electron chi connectivity index (χ3n) is 5.48. The van der Waals surface area contributed by atoms with Crippen LogP contribution in [0.1, 0.15) is 39.5 Å². The Balaban J connectivity index is 1.87. The van der Waals surface area contributed by atoms with Crippen molar-refractivity contribution in [3.63, 3.8) is 0 Å². The third kappa shape index (κ3) is 4.88. The van der Waals surface area contributed by atoms with Crippen molar-refractivity contribution < 1.29 is 4.74 Å². The molecule has 3 aromatic carbocycles. The Hall–Kier alpha value is -3.33. The van der Waals surface area contributed by atoms with Gasteiger partial charge in [0.2, 0.25) is 0 Å². The van der Waals surface area contributed by atoms with Gasteiger partial charge in [-0.1, -0.05) is 98.6 Å². The van der Waals surface area contributed by atoms with E-state index in [0.29, 0.717) is 6.01 Å². The second-order valence-corrected chi connectivity index (χ2v) is 7.92. The van der Waals surface area contributed by atoms with Gasteiger partial charge in [0.1, 0.15) is 5.69 Å². The first-order chi connectivity index (χ1) is 15.3. The Morgan fingerprint density at radius 1 is 0.774 bits per heavy atom. The van der Waals surface area contributed by atoms with Crippen molar-refractivity contribution in [1.82, 2.24) is 9.55 Å². The highest BCUT2D eigenvalue weighted by atomic mass is 16.5. The van der Waals surface area contributed by atoms with Crippen LogP contribution in [-0.4, -0.2) is 15.7 Å². The molecular formula is C28H30N2O. The number of ether oxygens (including phenoxy) is 1. The van der Waals surface area contributed by atoms with Crippen molar-refractivity contribution >= 4 is 0 Å². The average molecular weight is 411 g/mol. The monoisotopic (exact) mass is 410 g/mol. The van der Waals surface area contributed by atoms with Crippen LogP contribution in [0.25, 0.3) is 28.2 Å². The summed E-state index contributed by atoms with van der Waals surface area (Å²) in [5.74, 6) is 0. The van der Waals surface area contributed by atoms with Gasteiger partial charge < -0.3 is 4.74 Å². The normalized spacial score (nSPS) is 11.9. The van der Waals surface area contributed by atoms with Crippen LogP contribution in [0.2, 0.25) is 0 Å². The summed E-state index contributed by atoms with van der Waals surface area (Å²) < 4.78 is 8.62. The van der Waals surface area contributed by atoms with Crippen LogP contribution in [0.15, 0.2) is 91.0 Å². The Morgan fingerprint density at radius 3 is 1.97 bits per heavy atom. The second-order valence-electron chi connectivity index (χ2n) is 7.92. The smallest absolute Gasteiger partial charge is 0.302 e. The van der Waals surface area contributed by atoms with Gasteiger partial charge in [-0.2, -0.15) is 4.98 Å². The molecule has 1 unspecified atom stereocenters. The predicted octanol–water partition coefficient (Wildman–Crippen LogP) is 7.55. The van der Waals surface area contributed by atoms with E-state index in [0.717, 1.165) is 34.6 Å². The fourth-order valence-electron chi connectivity index (χ4n) is 3.88. The van der Waals surface area contributed by atoms with Crippen LogP contribution in [0, 0.1) is 0 Å². The fraction of sp³-hybridized carbons (Fsp3) is 0.250. The number of hydrogen-bond donors (Lipinski definition) is 0. The molecule has 1 aromatic heterocycles. The van der Waals surface area contributed by atoms with Gasteiger partial charge in [-0.05, 0) is 31.9 Å². The third-order valence-corrected chi connectivity index (χ3v) is 5.48. The molecule has 31 heavy (non-hydrogen) atoms. The van der Waals surface area contributed by atoms with Crippen molar-refractivity contribution in [3.05, 3.63) is 91.0 Å². The molecule has 0 aliphatic carbocycles. The van der Waals surface area contributed by atoms with Gasteiger partial charge in [-0.3, -0.25) is 4.57 Å². The number of aromatic nitrogens is 2. The van der Waals surface area contributed by atoms with Gasteiger partial charge in [0.05, 0.1) is 17.5 Å². The first-order valence-electron chi connectivity index (χ1n) is 11.2. The van der Waals surface area contributed by atoms with E-state index in [2.05, 4.69) is 91.2 Å². The summed E-state index contributed by atoms with van der Waals surface area (Å²) in [6.45, 7) is 4.37. The summed E-state index contributed by atoms with van der Waals surface area (Å²) in [6.07, 6.45) is 4.73. The predicted molar refractivity (Wildman–Crippen MR) is 129 cm³/mol. The molecule has 158 valence electrons. The van der Waals surface area contributed by atoms with Gasteiger partial charge in [0, 0.05) is 11.1 Å². The number of imidazole rings is 1. The molecule has 0 spiro atoms. The Bertz CT molecular complexity index is 1070. The van der Waals surface area contributed by atoms with E-state index in [1.165, 1.54) is 19.3 Å². The molecule has 0 saturated heterocycles. The standard InChI is InChI=1S/C28H30N2O/c1-3-4-8-15-22(2)31-28-29-26(23-16-9-5-10-17-23)27(24-18-11-6-12-19-24)30(28)25-20-13-7-14-21-25/h5-7,9-14,16-22H,3-4,8,15H2,1-2H3. The van der Waals surface area contributed by atoms with Crippen molar-refractivity contribution in [2.45, 2.75) is 45.6 Å². The van der Waals surface area contributed by atoms with Gasteiger partial charge in [-0.15, -0.1) is 0 Å². The van der Waals surface area contributed by atoms with Crippen LogP contribution in [0.4, 0.5) is 0 Å². The van der Waals surface area contributed by atoms with Crippen LogP contribution < -0.4 is 4.74 Å². The largest absolute Gasteiger partial charge is 0.461 e. The molecule has 4 aromatic rings. The van der Waals surface area contributed by atoms with Crippen LogP contribution in [0.5, 0.6) is 6.01 Å². The van der Waals surface area contributed by atoms with Crippen molar-refractivity contribution in [2.75, 3.05) is 0 Å². The molecule has 0 N–H and O–H groups in total. The van der Waals surface area contributed by atoms with E-state index < -0.39 is 0 Å². The van der Waals surface area contributed by atoms with Crippen molar-refractivity contribution in [1.29, 1.82) is 0 Å². The maximum atomic E-state index is 6.46. The van der Waals surface area contributed by atoms with Crippen LogP contribution in [-0.2, 0) is 0 Å². The molecule has 0 radical (unpaired) electrons. The quantitative estimate of drug-likeness (QED) is 0.266. The Labute approximate surface area is 185 Å². The highest BCUT2D eigenvalue weighted by Gasteiger charge is 2.23. The summed E-state index contributed by atoms with van der Waals surface area (Å²) in [5.41, 5.74) is 5.23. The summed E-state index contributed by atoms with van der Waals surface area (Å²) >= 11 is 0. The first kappa shape index (κ1) is 20.9. The molecule has 0 bridgehead atoms. The topological polar surface area (TPSA) is 27.1 Å². The molecule has 4 rings (SSSR count). The lowest BCUT2D eigenvalue weighted by atomic mass is 10.0. The number of nitrogens with zero attached hydrogens (tertiary/aromatic N) is 2. The molecule has 0 saturated carbocycles. The van der Waals surface area contributed by atoms with E-state index in [-0.39, 0.29) is 6.10 Å². The lowest BCUT2D eigenvalue weighted by Crippen LogP contribution is -2.15. The maximum absolute atomic E-state index is 6.46. The lowest BCUT2D eigenvalue weighted by molar-refractivity contribution is 0.187. The van der Waals surface area contributed by atoms with Gasteiger partial charge in [0.15, 0.2) is 0 Å². The number of para-hydroxylation sites is 1. The Morgan fingerprint density at radius 2 is 1.35 bits per heavy atom. The number of hydrogen-bond acceptors (Lipinski definition) is 2. The molecule has 1 heterocycles. The van der Waals surface area contributed by atoms with Crippen molar-refractivity contribution in [2.24, 2.45) is 0 Å². The molecule has 0 aliphatic rings. The number of unbranched alkanes of at least 4 members (excludes halogenated alkanes) is 2. The van der Waals surface area contributed by atoms with Crippen molar-refractivity contribution in [3.8, 4) is 34.2 Å². The van der Waals surface area contributed by atoms with E-state index in [9.17, 15) is 0 Å². The summed E-state index contributed by atoms with van der Waals surface area (Å²) in [7, 11) is 0. The zero-order valence-electron chi connectivity index (χ0n) is 18.4. The van der Waals surface area contributed by atoms with Gasteiger partial charge >= 0.3 is 6.01 Å². The molecule has 0 aliphatic heterocycles. The van der Waals surface area contributed by atoms with E-state index in [1.54, 1.807) is 0 Å². The van der Waals surface area contributed by atoms with Crippen LogP contribution >= 0.6 is 0 Å². The minimum Gasteiger partial charge on any atom is -0.461 e. The average Bonchev–Trinajstić information content (AvgIpc) is 3.20. The van der Waals surface area contributed by atoms with Gasteiger partial charge in [-0.25, -0.2) is 0 Å². The molecular weight excluding hydrogens is 380 g/mol. The molecule has 3 nitrogen and oxygen atoms in total. The highest BCUT2D eigenvalue weighted by molar-refractivity contribution is 5.81. The van der Waals surface area contributed by atoms with E-state index in [1.807, 2.05) is 18.2 Å². The van der Waals surface area contributed by atoms with E-state index >= 15 is 0 Å². The maximum Gasteiger partial charge on any atom is 0.302 e. The molecule has 0 fully saturated rings. The molecule has 3 heteroatoms. The fourth-order valence-corrected chi connectivity index (χ4v) is 3.88. The minimum atomic E-state index is 0.101. The number of rotatable bonds is 9. The minimum absolute atomic E-state index is 0.101. The molecule has 0 amide bonds.